The summed E-state index contributed by atoms with van der Waals surface area (Å²) in [4.78, 5) is 29.4. The molecule has 2 aromatic rings. The molecule has 3 amide bonds. The molecule has 2 heterocycles. The number of nitrogens with one attached hydrogen (secondary N) is 1. The van der Waals surface area contributed by atoms with Gasteiger partial charge < -0.3 is 19.9 Å². The number of methoxy groups -OCH3 is 1. The maximum absolute atomic E-state index is 12.8. The lowest BCUT2D eigenvalue weighted by atomic mass is 9.82. The van der Waals surface area contributed by atoms with E-state index in [1.165, 1.54) is 0 Å². The van der Waals surface area contributed by atoms with Gasteiger partial charge in [-0.25, -0.2) is 4.79 Å². The number of carbonyl (C=O) groups is 2. The Morgan fingerprint density at radius 2 is 1.83 bits per heavy atom. The van der Waals surface area contributed by atoms with Gasteiger partial charge in [-0.1, -0.05) is 24.3 Å². The van der Waals surface area contributed by atoms with E-state index in [9.17, 15) is 9.59 Å². The number of nitrogens with zero attached hydrogens (tertiary/aromatic N) is 2. The largest absolute Gasteiger partial charge is 0.497 e. The molecular formula is C23H27N3O3. The maximum atomic E-state index is 12.8. The molecule has 0 spiro atoms. The summed E-state index contributed by atoms with van der Waals surface area (Å²) in [5, 5.41) is 2.97. The van der Waals surface area contributed by atoms with Crippen LogP contribution in [0.1, 0.15) is 19.3 Å². The van der Waals surface area contributed by atoms with Gasteiger partial charge >= 0.3 is 6.03 Å². The van der Waals surface area contributed by atoms with E-state index in [4.69, 9.17) is 4.74 Å². The standard InChI is InChI=1S/C23H27N3O3/c1-29-21-9-5-6-19(15-21)24-23(28)25-12-10-17-14-22(27)26(13-11-18(17)16-25)20-7-3-2-4-8-20/h2-9,15,17-18H,10-14,16H2,1H3,(H,24,28). The summed E-state index contributed by atoms with van der Waals surface area (Å²) < 4.78 is 5.22. The molecule has 2 aliphatic rings. The van der Waals surface area contributed by atoms with Gasteiger partial charge in [-0.15, -0.1) is 0 Å². The van der Waals surface area contributed by atoms with Crippen molar-refractivity contribution in [3.63, 3.8) is 0 Å². The summed E-state index contributed by atoms with van der Waals surface area (Å²) >= 11 is 0. The highest BCUT2D eigenvalue weighted by Crippen LogP contribution is 2.34. The number of hydrogen-bond acceptors (Lipinski definition) is 3. The number of anilines is 2. The zero-order valence-corrected chi connectivity index (χ0v) is 16.7. The molecule has 2 fully saturated rings. The molecule has 0 radical (unpaired) electrons. The van der Waals surface area contributed by atoms with Gasteiger partial charge in [-0.2, -0.15) is 0 Å². The average molecular weight is 393 g/mol. The van der Waals surface area contributed by atoms with Gasteiger partial charge in [0.05, 0.1) is 7.11 Å². The third-order valence-electron chi connectivity index (χ3n) is 6.03. The lowest BCUT2D eigenvalue weighted by Gasteiger charge is -2.37. The summed E-state index contributed by atoms with van der Waals surface area (Å²) in [5.41, 5.74) is 1.69. The summed E-state index contributed by atoms with van der Waals surface area (Å²) in [6, 6.07) is 17.1. The Morgan fingerprint density at radius 1 is 1.03 bits per heavy atom. The zero-order valence-electron chi connectivity index (χ0n) is 16.7. The van der Waals surface area contributed by atoms with Crippen molar-refractivity contribution in [2.24, 2.45) is 11.8 Å². The first-order valence-electron chi connectivity index (χ1n) is 10.2. The molecule has 0 aromatic heterocycles. The second-order valence-corrected chi connectivity index (χ2v) is 7.79. The van der Waals surface area contributed by atoms with Crippen LogP contribution in [0.4, 0.5) is 16.2 Å². The minimum Gasteiger partial charge on any atom is -0.497 e. The van der Waals surface area contributed by atoms with Crippen LogP contribution in [0.2, 0.25) is 0 Å². The SMILES string of the molecule is COc1cccc(NC(=O)N2CCC3CC(=O)N(c4ccccc4)CCC3C2)c1. The van der Waals surface area contributed by atoms with Gasteiger partial charge in [-0.05, 0) is 48.9 Å². The minimum atomic E-state index is -0.0906. The molecular weight excluding hydrogens is 366 g/mol. The van der Waals surface area contributed by atoms with Crippen LogP contribution in [0.25, 0.3) is 0 Å². The van der Waals surface area contributed by atoms with Crippen LogP contribution in [0, 0.1) is 11.8 Å². The number of benzene rings is 2. The molecule has 6 nitrogen and oxygen atoms in total. The van der Waals surface area contributed by atoms with Crippen LogP contribution in [-0.4, -0.2) is 43.6 Å². The van der Waals surface area contributed by atoms with E-state index in [0.717, 1.165) is 24.2 Å². The number of para-hydroxylation sites is 1. The molecule has 4 rings (SSSR count). The van der Waals surface area contributed by atoms with E-state index in [2.05, 4.69) is 5.32 Å². The highest BCUT2D eigenvalue weighted by atomic mass is 16.5. The van der Waals surface area contributed by atoms with Crippen molar-refractivity contribution in [3.05, 3.63) is 54.6 Å². The molecule has 0 bridgehead atoms. The van der Waals surface area contributed by atoms with Crippen molar-refractivity contribution >= 4 is 23.3 Å². The van der Waals surface area contributed by atoms with Crippen LogP contribution in [0.3, 0.4) is 0 Å². The maximum Gasteiger partial charge on any atom is 0.321 e. The van der Waals surface area contributed by atoms with Gasteiger partial charge in [0.2, 0.25) is 5.91 Å². The smallest absolute Gasteiger partial charge is 0.321 e. The average Bonchev–Trinajstić information content (AvgIpc) is 2.92. The topological polar surface area (TPSA) is 61.9 Å². The van der Waals surface area contributed by atoms with Gasteiger partial charge in [-0.3, -0.25) is 4.79 Å². The normalized spacial score (nSPS) is 21.9. The Balaban J connectivity index is 1.40. The molecule has 152 valence electrons. The minimum absolute atomic E-state index is 0.0906. The van der Waals surface area contributed by atoms with E-state index in [1.54, 1.807) is 7.11 Å². The Kier molecular flexibility index (Phi) is 5.69. The number of urea groups is 1. The second kappa shape index (κ2) is 8.55. The predicted molar refractivity (Wildman–Crippen MR) is 113 cm³/mol. The second-order valence-electron chi connectivity index (χ2n) is 7.79. The van der Waals surface area contributed by atoms with Gasteiger partial charge in [0.15, 0.2) is 0 Å². The van der Waals surface area contributed by atoms with E-state index in [1.807, 2.05) is 64.4 Å². The third kappa shape index (κ3) is 4.36. The van der Waals surface area contributed by atoms with Crippen LogP contribution in [0.15, 0.2) is 54.6 Å². The number of amides is 3. The van der Waals surface area contributed by atoms with Gasteiger partial charge in [0, 0.05) is 43.5 Å². The first-order chi connectivity index (χ1) is 14.1. The molecule has 1 N–H and O–H groups in total. The monoisotopic (exact) mass is 393 g/mol. The molecule has 2 aliphatic heterocycles. The lowest BCUT2D eigenvalue weighted by Crippen LogP contribution is -2.45. The molecule has 2 unspecified atom stereocenters. The summed E-state index contributed by atoms with van der Waals surface area (Å²) in [6.45, 7) is 2.07. The number of ether oxygens (including phenoxy) is 1. The molecule has 2 atom stereocenters. The van der Waals surface area contributed by atoms with Crippen LogP contribution in [0.5, 0.6) is 5.75 Å². The number of carbonyl (C=O) groups excluding carboxylic acids is 2. The number of likely N-dealkylation sites (tertiary alicyclic amines) is 1. The highest BCUT2D eigenvalue weighted by molar-refractivity contribution is 5.94. The van der Waals surface area contributed by atoms with Crippen molar-refractivity contribution in [2.75, 3.05) is 37.0 Å². The van der Waals surface area contributed by atoms with Crippen molar-refractivity contribution in [3.8, 4) is 5.75 Å². The molecule has 2 saturated heterocycles. The first kappa shape index (κ1) is 19.3. The van der Waals surface area contributed by atoms with E-state index in [-0.39, 0.29) is 11.9 Å². The van der Waals surface area contributed by atoms with Gasteiger partial charge in [0.25, 0.3) is 0 Å². The Labute approximate surface area is 171 Å². The van der Waals surface area contributed by atoms with Crippen molar-refractivity contribution in [2.45, 2.75) is 19.3 Å². The fourth-order valence-electron chi connectivity index (χ4n) is 4.40. The number of fused-ring (bicyclic) bond motifs is 1. The number of hydrogen-bond donors (Lipinski definition) is 1. The summed E-state index contributed by atoms with van der Waals surface area (Å²) in [6.07, 6.45) is 2.34. The van der Waals surface area contributed by atoms with Crippen LogP contribution < -0.4 is 15.0 Å². The Morgan fingerprint density at radius 3 is 2.62 bits per heavy atom. The third-order valence-corrected chi connectivity index (χ3v) is 6.03. The fourth-order valence-corrected chi connectivity index (χ4v) is 4.40. The Bertz CT molecular complexity index is 871. The number of rotatable bonds is 3. The number of piperidine rings is 1. The fraction of sp³-hybridized carbons (Fsp3) is 0.391. The van der Waals surface area contributed by atoms with E-state index in [0.29, 0.717) is 43.6 Å². The highest BCUT2D eigenvalue weighted by Gasteiger charge is 2.36. The van der Waals surface area contributed by atoms with Gasteiger partial charge in [0.1, 0.15) is 5.75 Å². The predicted octanol–water partition coefficient (Wildman–Crippen LogP) is 3.99. The van der Waals surface area contributed by atoms with E-state index < -0.39 is 0 Å². The summed E-state index contributed by atoms with van der Waals surface area (Å²) in [7, 11) is 1.61. The molecule has 29 heavy (non-hydrogen) atoms. The molecule has 6 heteroatoms. The molecule has 0 aliphatic carbocycles. The van der Waals surface area contributed by atoms with Crippen LogP contribution >= 0.6 is 0 Å². The van der Waals surface area contributed by atoms with Crippen molar-refractivity contribution in [1.29, 1.82) is 0 Å². The van der Waals surface area contributed by atoms with Crippen LogP contribution in [-0.2, 0) is 4.79 Å². The Hall–Kier alpha value is -3.02. The van der Waals surface area contributed by atoms with Crippen molar-refractivity contribution in [1.82, 2.24) is 4.90 Å². The quantitative estimate of drug-likeness (QED) is 0.858. The molecule has 0 saturated carbocycles. The first-order valence-corrected chi connectivity index (χ1v) is 10.2. The zero-order chi connectivity index (χ0) is 20.2. The summed E-state index contributed by atoms with van der Waals surface area (Å²) in [5.74, 6) is 1.59. The lowest BCUT2D eigenvalue weighted by molar-refractivity contribution is -0.119. The molecule has 2 aromatic carbocycles. The van der Waals surface area contributed by atoms with Crippen molar-refractivity contribution < 1.29 is 14.3 Å². The van der Waals surface area contributed by atoms with E-state index >= 15 is 0 Å².